The van der Waals surface area contributed by atoms with Gasteiger partial charge in [-0.2, -0.15) is 9.97 Å². The number of fused-ring (bicyclic) bond motifs is 1. The zero-order chi connectivity index (χ0) is 14.8. The van der Waals surface area contributed by atoms with Gasteiger partial charge in [0.05, 0.1) is 12.0 Å². The first-order chi connectivity index (χ1) is 10.2. The minimum Gasteiger partial charge on any atom is -0.354 e. The van der Waals surface area contributed by atoms with E-state index in [1.807, 2.05) is 6.92 Å². The number of nitrogens with one attached hydrogen (secondary N) is 3. The van der Waals surface area contributed by atoms with Gasteiger partial charge in [-0.15, -0.1) is 0 Å². The minimum atomic E-state index is -0.421. The molecule has 0 saturated carbocycles. The molecule has 6 nitrogen and oxygen atoms in total. The van der Waals surface area contributed by atoms with Gasteiger partial charge in [0.2, 0.25) is 5.95 Å². The summed E-state index contributed by atoms with van der Waals surface area (Å²) < 4.78 is 13.8. The Labute approximate surface area is 124 Å². The van der Waals surface area contributed by atoms with Crippen molar-refractivity contribution in [3.05, 3.63) is 35.4 Å². The molecule has 3 aromatic rings. The summed E-state index contributed by atoms with van der Waals surface area (Å²) in [6, 6.07) is 4.27. The van der Waals surface area contributed by atoms with Crippen LogP contribution in [0.15, 0.2) is 24.5 Å². The Hall–Kier alpha value is -2.41. The largest absolute Gasteiger partial charge is 0.354 e. The summed E-state index contributed by atoms with van der Waals surface area (Å²) >= 11 is 5.89. The zero-order valence-electron chi connectivity index (χ0n) is 11.1. The SMILES string of the molecule is CCNc1nc(Nc2cc(Cl)ccc2F)c2[nH]cnc2n1. The van der Waals surface area contributed by atoms with Crippen LogP contribution in [0, 0.1) is 5.82 Å². The maximum absolute atomic E-state index is 13.8. The van der Waals surface area contributed by atoms with Crippen molar-refractivity contribution in [1.29, 1.82) is 0 Å². The number of aromatic amines is 1. The van der Waals surface area contributed by atoms with Gasteiger partial charge in [0.15, 0.2) is 11.5 Å². The molecule has 1 aromatic carbocycles. The second-order valence-corrected chi connectivity index (χ2v) is 4.71. The third kappa shape index (κ3) is 2.73. The van der Waals surface area contributed by atoms with E-state index in [9.17, 15) is 4.39 Å². The quantitative estimate of drug-likeness (QED) is 0.689. The monoisotopic (exact) mass is 306 g/mol. The fraction of sp³-hybridized carbons (Fsp3) is 0.154. The molecule has 0 spiro atoms. The highest BCUT2D eigenvalue weighted by molar-refractivity contribution is 6.30. The molecule has 108 valence electrons. The van der Waals surface area contributed by atoms with Crippen molar-refractivity contribution >= 4 is 40.2 Å². The Morgan fingerprint density at radius 1 is 1.33 bits per heavy atom. The molecule has 2 aromatic heterocycles. The van der Waals surface area contributed by atoms with E-state index >= 15 is 0 Å². The van der Waals surface area contributed by atoms with Crippen LogP contribution >= 0.6 is 11.6 Å². The van der Waals surface area contributed by atoms with Crippen molar-refractivity contribution in [2.24, 2.45) is 0 Å². The molecule has 2 heterocycles. The number of hydrogen-bond donors (Lipinski definition) is 3. The van der Waals surface area contributed by atoms with Crippen LogP contribution in [0.1, 0.15) is 6.92 Å². The molecule has 3 rings (SSSR count). The summed E-state index contributed by atoms with van der Waals surface area (Å²) in [4.78, 5) is 15.6. The van der Waals surface area contributed by atoms with E-state index in [0.717, 1.165) is 0 Å². The lowest BCUT2D eigenvalue weighted by molar-refractivity contribution is 0.632. The van der Waals surface area contributed by atoms with Crippen LogP contribution < -0.4 is 10.6 Å². The maximum Gasteiger partial charge on any atom is 0.226 e. The van der Waals surface area contributed by atoms with Gasteiger partial charge in [0, 0.05) is 11.6 Å². The van der Waals surface area contributed by atoms with Gasteiger partial charge in [-0.25, -0.2) is 9.37 Å². The number of aromatic nitrogens is 4. The Morgan fingerprint density at radius 3 is 3.00 bits per heavy atom. The predicted octanol–water partition coefficient (Wildman–Crippen LogP) is 3.32. The van der Waals surface area contributed by atoms with Gasteiger partial charge >= 0.3 is 0 Å². The highest BCUT2D eigenvalue weighted by Crippen LogP contribution is 2.26. The summed E-state index contributed by atoms with van der Waals surface area (Å²) in [6.45, 7) is 2.60. The molecule has 0 amide bonds. The third-order valence-corrected chi connectivity index (χ3v) is 3.04. The molecule has 0 aliphatic rings. The van der Waals surface area contributed by atoms with E-state index in [4.69, 9.17) is 11.6 Å². The predicted molar refractivity (Wildman–Crippen MR) is 80.5 cm³/mol. The summed E-state index contributed by atoms with van der Waals surface area (Å²) in [6.07, 6.45) is 1.51. The molecule has 0 aliphatic heterocycles. The van der Waals surface area contributed by atoms with Crippen molar-refractivity contribution in [3.63, 3.8) is 0 Å². The van der Waals surface area contributed by atoms with E-state index in [-0.39, 0.29) is 5.69 Å². The fourth-order valence-corrected chi connectivity index (χ4v) is 2.05. The number of halogens is 2. The number of benzene rings is 1. The van der Waals surface area contributed by atoms with Crippen molar-refractivity contribution in [3.8, 4) is 0 Å². The lowest BCUT2D eigenvalue weighted by Crippen LogP contribution is -2.05. The summed E-state index contributed by atoms with van der Waals surface area (Å²) in [7, 11) is 0. The highest BCUT2D eigenvalue weighted by atomic mass is 35.5. The number of hydrogen-bond acceptors (Lipinski definition) is 5. The van der Waals surface area contributed by atoms with Crippen LogP contribution in [-0.2, 0) is 0 Å². The van der Waals surface area contributed by atoms with E-state index in [0.29, 0.717) is 34.5 Å². The second kappa shape index (κ2) is 5.53. The molecule has 0 saturated heterocycles. The number of anilines is 3. The first-order valence-electron chi connectivity index (χ1n) is 6.34. The molecule has 0 atom stereocenters. The molecule has 8 heteroatoms. The Bertz CT molecular complexity index is 787. The van der Waals surface area contributed by atoms with Crippen molar-refractivity contribution in [2.75, 3.05) is 17.2 Å². The zero-order valence-corrected chi connectivity index (χ0v) is 11.9. The van der Waals surface area contributed by atoms with Crippen molar-refractivity contribution in [1.82, 2.24) is 19.9 Å². The fourth-order valence-electron chi connectivity index (χ4n) is 1.88. The van der Waals surface area contributed by atoms with E-state index in [1.54, 1.807) is 0 Å². The van der Waals surface area contributed by atoms with Crippen LogP contribution in [0.5, 0.6) is 0 Å². The Balaban J connectivity index is 2.06. The smallest absolute Gasteiger partial charge is 0.226 e. The first kappa shape index (κ1) is 13.6. The standard InChI is InChI=1S/C13H12ClFN6/c1-2-16-13-20-11-10(17-6-18-11)12(21-13)19-9-5-7(14)3-4-8(9)15/h3-6H,2H2,1H3,(H3,16,17,18,19,20,21). The molecule has 0 fully saturated rings. The van der Waals surface area contributed by atoms with Gasteiger partial charge < -0.3 is 15.6 Å². The van der Waals surface area contributed by atoms with Crippen LogP contribution in [-0.4, -0.2) is 26.5 Å². The Morgan fingerprint density at radius 2 is 2.19 bits per heavy atom. The highest BCUT2D eigenvalue weighted by Gasteiger charge is 2.12. The summed E-state index contributed by atoms with van der Waals surface area (Å²) in [5, 5.41) is 6.36. The number of imidazole rings is 1. The molecule has 0 radical (unpaired) electrons. The topological polar surface area (TPSA) is 78.5 Å². The van der Waals surface area contributed by atoms with Gasteiger partial charge in [-0.05, 0) is 25.1 Å². The van der Waals surface area contributed by atoms with Gasteiger partial charge in [0.1, 0.15) is 11.3 Å². The van der Waals surface area contributed by atoms with Crippen LogP contribution in [0.2, 0.25) is 5.02 Å². The third-order valence-electron chi connectivity index (χ3n) is 2.80. The van der Waals surface area contributed by atoms with Crippen LogP contribution in [0.4, 0.5) is 21.8 Å². The van der Waals surface area contributed by atoms with Crippen LogP contribution in [0.3, 0.4) is 0 Å². The average Bonchev–Trinajstić information content (AvgIpc) is 2.92. The van der Waals surface area contributed by atoms with E-state index in [1.165, 1.54) is 24.5 Å². The van der Waals surface area contributed by atoms with Crippen LogP contribution in [0.25, 0.3) is 11.2 Å². The number of nitrogens with zero attached hydrogens (tertiary/aromatic N) is 3. The normalized spacial score (nSPS) is 10.8. The number of rotatable bonds is 4. The average molecular weight is 307 g/mol. The first-order valence-corrected chi connectivity index (χ1v) is 6.72. The molecular weight excluding hydrogens is 295 g/mol. The molecule has 3 N–H and O–H groups in total. The molecule has 21 heavy (non-hydrogen) atoms. The molecule has 0 aliphatic carbocycles. The lowest BCUT2D eigenvalue weighted by Gasteiger charge is -2.09. The Kier molecular flexibility index (Phi) is 3.57. The van der Waals surface area contributed by atoms with E-state index < -0.39 is 5.82 Å². The van der Waals surface area contributed by atoms with E-state index in [2.05, 4.69) is 30.6 Å². The molecule has 0 bridgehead atoms. The van der Waals surface area contributed by atoms with Gasteiger partial charge in [-0.1, -0.05) is 11.6 Å². The maximum atomic E-state index is 13.8. The second-order valence-electron chi connectivity index (χ2n) is 4.28. The number of H-pyrrole nitrogens is 1. The molecular formula is C13H12ClFN6. The lowest BCUT2D eigenvalue weighted by atomic mass is 10.3. The minimum absolute atomic E-state index is 0.236. The van der Waals surface area contributed by atoms with Gasteiger partial charge in [-0.3, -0.25) is 0 Å². The van der Waals surface area contributed by atoms with Gasteiger partial charge in [0.25, 0.3) is 0 Å². The summed E-state index contributed by atoms with van der Waals surface area (Å²) in [5.41, 5.74) is 1.32. The molecule has 0 unspecified atom stereocenters. The van der Waals surface area contributed by atoms with Crippen molar-refractivity contribution in [2.45, 2.75) is 6.92 Å². The van der Waals surface area contributed by atoms with Crippen molar-refractivity contribution < 1.29 is 4.39 Å². The summed E-state index contributed by atoms with van der Waals surface area (Å²) in [5.74, 6) is 0.423.